The van der Waals surface area contributed by atoms with Crippen LogP contribution < -0.4 is 0 Å². The molecule has 0 saturated carbocycles. The fraction of sp³-hybridized carbons (Fsp3) is 0.455. The zero-order valence-electron chi connectivity index (χ0n) is 7.89. The van der Waals surface area contributed by atoms with Gasteiger partial charge in [-0.25, -0.2) is 0 Å². The van der Waals surface area contributed by atoms with Gasteiger partial charge in [0.1, 0.15) is 0 Å². The number of hydrogen-bond acceptors (Lipinski definition) is 0. The van der Waals surface area contributed by atoms with E-state index in [0.29, 0.717) is 4.83 Å². The molecule has 1 heteroatoms. The summed E-state index contributed by atoms with van der Waals surface area (Å²) < 4.78 is 0. The van der Waals surface area contributed by atoms with Crippen molar-refractivity contribution in [3.8, 4) is 0 Å². The van der Waals surface area contributed by atoms with Crippen LogP contribution in [0.5, 0.6) is 0 Å². The molecule has 12 heavy (non-hydrogen) atoms. The van der Waals surface area contributed by atoms with Crippen molar-refractivity contribution in [2.45, 2.75) is 32.0 Å². The molecular formula is C11H15Br. The average molecular weight is 227 g/mol. The monoisotopic (exact) mass is 226 g/mol. The van der Waals surface area contributed by atoms with E-state index in [1.165, 1.54) is 16.7 Å². The van der Waals surface area contributed by atoms with E-state index >= 15 is 0 Å². The SMILES string of the molecule is Cc1ccc(C)c(CC(C)Br)c1. The van der Waals surface area contributed by atoms with Crippen molar-refractivity contribution in [1.29, 1.82) is 0 Å². The minimum Gasteiger partial charge on any atom is -0.0890 e. The first-order chi connectivity index (χ1) is 5.59. The standard InChI is InChI=1S/C11H15Br/c1-8-4-5-9(2)11(6-8)7-10(3)12/h4-6,10H,7H2,1-3H3. The third-order valence-electron chi connectivity index (χ3n) is 2.01. The molecule has 0 N–H and O–H groups in total. The second-order valence-corrected chi connectivity index (χ2v) is 4.98. The summed E-state index contributed by atoms with van der Waals surface area (Å²) in [7, 11) is 0. The Bertz CT molecular complexity index is 264. The van der Waals surface area contributed by atoms with Crippen LogP contribution in [0.25, 0.3) is 0 Å². The Hall–Kier alpha value is -0.300. The van der Waals surface area contributed by atoms with Crippen molar-refractivity contribution >= 4 is 15.9 Å². The zero-order valence-corrected chi connectivity index (χ0v) is 9.48. The first-order valence-electron chi connectivity index (χ1n) is 4.30. The van der Waals surface area contributed by atoms with E-state index in [1.54, 1.807) is 0 Å². The Labute approximate surface area is 83.1 Å². The molecule has 0 aliphatic rings. The van der Waals surface area contributed by atoms with Gasteiger partial charge in [0.05, 0.1) is 0 Å². The van der Waals surface area contributed by atoms with Crippen LogP contribution in [-0.4, -0.2) is 4.83 Å². The van der Waals surface area contributed by atoms with Gasteiger partial charge in [-0.3, -0.25) is 0 Å². The molecule has 1 aromatic rings. The topological polar surface area (TPSA) is 0 Å². The van der Waals surface area contributed by atoms with Gasteiger partial charge in [0.2, 0.25) is 0 Å². The normalized spacial score (nSPS) is 13.0. The summed E-state index contributed by atoms with van der Waals surface area (Å²) in [4.78, 5) is 0.568. The summed E-state index contributed by atoms with van der Waals surface area (Å²) in [6.45, 7) is 6.49. The fourth-order valence-electron chi connectivity index (χ4n) is 1.32. The van der Waals surface area contributed by atoms with E-state index < -0.39 is 0 Å². The molecule has 0 fully saturated rings. The summed E-state index contributed by atoms with van der Waals surface area (Å²) in [5.41, 5.74) is 4.20. The Morgan fingerprint density at radius 1 is 1.33 bits per heavy atom. The second-order valence-electron chi connectivity index (χ2n) is 3.41. The number of aryl methyl sites for hydroxylation is 2. The predicted molar refractivity (Wildman–Crippen MR) is 58.0 cm³/mol. The van der Waals surface area contributed by atoms with Gasteiger partial charge in [-0.15, -0.1) is 0 Å². The minimum atomic E-state index is 0.568. The Morgan fingerprint density at radius 3 is 2.58 bits per heavy atom. The molecule has 0 heterocycles. The lowest BCUT2D eigenvalue weighted by Gasteiger charge is -2.08. The van der Waals surface area contributed by atoms with Crippen molar-refractivity contribution in [2.24, 2.45) is 0 Å². The molecule has 0 aromatic heterocycles. The van der Waals surface area contributed by atoms with E-state index in [4.69, 9.17) is 0 Å². The summed E-state index contributed by atoms with van der Waals surface area (Å²) in [6, 6.07) is 6.63. The fourth-order valence-corrected chi connectivity index (χ4v) is 1.67. The van der Waals surface area contributed by atoms with E-state index in [1.807, 2.05) is 0 Å². The van der Waals surface area contributed by atoms with Gasteiger partial charge in [-0.1, -0.05) is 46.6 Å². The first kappa shape index (κ1) is 9.79. The van der Waals surface area contributed by atoms with Crippen LogP contribution in [0.2, 0.25) is 0 Å². The quantitative estimate of drug-likeness (QED) is 0.677. The van der Waals surface area contributed by atoms with Crippen LogP contribution >= 0.6 is 15.9 Å². The molecule has 0 radical (unpaired) electrons. The van der Waals surface area contributed by atoms with Crippen LogP contribution in [0.1, 0.15) is 23.6 Å². The maximum Gasteiger partial charge on any atom is 0.0158 e. The number of benzene rings is 1. The molecular weight excluding hydrogens is 212 g/mol. The van der Waals surface area contributed by atoms with Crippen LogP contribution in [0.3, 0.4) is 0 Å². The van der Waals surface area contributed by atoms with E-state index in [-0.39, 0.29) is 0 Å². The molecule has 1 unspecified atom stereocenters. The van der Waals surface area contributed by atoms with Crippen LogP contribution in [-0.2, 0) is 6.42 Å². The lowest BCUT2D eigenvalue weighted by Crippen LogP contribution is -1.99. The largest absolute Gasteiger partial charge is 0.0890 e. The van der Waals surface area contributed by atoms with Gasteiger partial charge in [-0.05, 0) is 31.4 Å². The molecule has 0 spiro atoms. The molecule has 0 aliphatic heterocycles. The number of halogens is 1. The first-order valence-corrected chi connectivity index (χ1v) is 5.21. The maximum atomic E-state index is 3.57. The second kappa shape index (κ2) is 4.08. The summed E-state index contributed by atoms with van der Waals surface area (Å²) in [5, 5.41) is 0. The van der Waals surface area contributed by atoms with Gasteiger partial charge in [-0.2, -0.15) is 0 Å². The number of alkyl halides is 1. The Morgan fingerprint density at radius 2 is 2.00 bits per heavy atom. The van der Waals surface area contributed by atoms with Gasteiger partial charge in [0.25, 0.3) is 0 Å². The molecule has 1 aromatic carbocycles. The van der Waals surface area contributed by atoms with E-state index in [0.717, 1.165) is 6.42 Å². The Kier molecular flexibility index (Phi) is 3.33. The third kappa shape index (κ3) is 2.63. The Balaban J connectivity index is 2.90. The predicted octanol–water partition coefficient (Wildman–Crippen LogP) is 3.63. The molecule has 0 amide bonds. The van der Waals surface area contributed by atoms with E-state index in [2.05, 4.69) is 54.9 Å². The highest BCUT2D eigenvalue weighted by molar-refractivity contribution is 9.09. The van der Waals surface area contributed by atoms with Crippen molar-refractivity contribution in [3.63, 3.8) is 0 Å². The average Bonchev–Trinajstić information content (AvgIpc) is 1.96. The highest BCUT2D eigenvalue weighted by Crippen LogP contribution is 2.15. The smallest absolute Gasteiger partial charge is 0.0158 e. The van der Waals surface area contributed by atoms with Gasteiger partial charge < -0.3 is 0 Å². The highest BCUT2D eigenvalue weighted by Gasteiger charge is 2.01. The lowest BCUT2D eigenvalue weighted by atomic mass is 10.0. The molecule has 0 saturated heterocycles. The van der Waals surface area contributed by atoms with Gasteiger partial charge in [0, 0.05) is 4.83 Å². The highest BCUT2D eigenvalue weighted by atomic mass is 79.9. The molecule has 1 atom stereocenters. The maximum absolute atomic E-state index is 3.57. The molecule has 0 bridgehead atoms. The summed E-state index contributed by atoms with van der Waals surface area (Å²) >= 11 is 3.57. The summed E-state index contributed by atoms with van der Waals surface area (Å²) in [5.74, 6) is 0. The van der Waals surface area contributed by atoms with Crippen molar-refractivity contribution in [1.82, 2.24) is 0 Å². The summed E-state index contributed by atoms with van der Waals surface area (Å²) in [6.07, 6.45) is 1.12. The molecule has 66 valence electrons. The number of hydrogen-bond donors (Lipinski definition) is 0. The van der Waals surface area contributed by atoms with Crippen LogP contribution in [0.15, 0.2) is 18.2 Å². The zero-order chi connectivity index (χ0) is 9.14. The number of rotatable bonds is 2. The van der Waals surface area contributed by atoms with Crippen LogP contribution in [0.4, 0.5) is 0 Å². The molecule has 0 nitrogen and oxygen atoms in total. The van der Waals surface area contributed by atoms with Crippen LogP contribution in [0, 0.1) is 13.8 Å². The molecule has 0 aliphatic carbocycles. The molecule has 1 rings (SSSR count). The van der Waals surface area contributed by atoms with Gasteiger partial charge >= 0.3 is 0 Å². The van der Waals surface area contributed by atoms with E-state index in [9.17, 15) is 0 Å². The van der Waals surface area contributed by atoms with Crippen molar-refractivity contribution in [2.75, 3.05) is 0 Å². The van der Waals surface area contributed by atoms with Gasteiger partial charge in [0.15, 0.2) is 0 Å². The minimum absolute atomic E-state index is 0.568. The van der Waals surface area contributed by atoms with Crippen molar-refractivity contribution in [3.05, 3.63) is 34.9 Å². The third-order valence-corrected chi connectivity index (χ3v) is 2.33. The lowest BCUT2D eigenvalue weighted by molar-refractivity contribution is 0.946. The van der Waals surface area contributed by atoms with Crippen molar-refractivity contribution < 1.29 is 0 Å².